The molecule has 0 saturated carbocycles. The first-order valence-corrected chi connectivity index (χ1v) is 6.02. The minimum absolute atomic E-state index is 0.0918. The average Bonchev–Trinajstić information content (AvgIpc) is 2.38. The van der Waals surface area contributed by atoms with Crippen LogP contribution in [-0.4, -0.2) is 13.0 Å². The van der Waals surface area contributed by atoms with Gasteiger partial charge in [0.2, 0.25) is 0 Å². The summed E-state index contributed by atoms with van der Waals surface area (Å²) >= 11 is 0. The Hall–Kier alpha value is -2.56. The molecule has 0 unspecified atom stereocenters. The van der Waals surface area contributed by atoms with Crippen molar-refractivity contribution < 1.29 is 13.9 Å². The first-order chi connectivity index (χ1) is 9.51. The average molecular weight is 274 g/mol. The topological polar surface area (TPSA) is 64.3 Å². The molecule has 0 saturated heterocycles. The van der Waals surface area contributed by atoms with Gasteiger partial charge in [0.25, 0.3) is 5.91 Å². The van der Waals surface area contributed by atoms with Crippen LogP contribution in [-0.2, 0) is 0 Å². The zero-order valence-corrected chi connectivity index (χ0v) is 11.2. The summed E-state index contributed by atoms with van der Waals surface area (Å²) in [7, 11) is 1.52. The number of hydrogen-bond acceptors (Lipinski definition) is 3. The van der Waals surface area contributed by atoms with Crippen LogP contribution in [0.3, 0.4) is 0 Å². The van der Waals surface area contributed by atoms with Crippen molar-refractivity contribution in [2.45, 2.75) is 6.92 Å². The summed E-state index contributed by atoms with van der Waals surface area (Å²) in [5.41, 5.74) is 7.48. The van der Waals surface area contributed by atoms with E-state index in [1.54, 1.807) is 12.1 Å². The van der Waals surface area contributed by atoms with Crippen LogP contribution < -0.4 is 15.8 Å². The Morgan fingerprint density at radius 2 is 2.00 bits per heavy atom. The molecule has 0 aliphatic rings. The van der Waals surface area contributed by atoms with Gasteiger partial charge in [-0.2, -0.15) is 0 Å². The highest BCUT2D eigenvalue weighted by Gasteiger charge is 2.13. The zero-order valence-electron chi connectivity index (χ0n) is 11.2. The minimum atomic E-state index is -0.479. The third-order valence-electron chi connectivity index (χ3n) is 2.86. The number of halogens is 1. The lowest BCUT2D eigenvalue weighted by Gasteiger charge is -2.12. The number of hydrogen-bond donors (Lipinski definition) is 2. The van der Waals surface area contributed by atoms with Crippen molar-refractivity contribution in [3.8, 4) is 5.75 Å². The lowest BCUT2D eigenvalue weighted by Crippen LogP contribution is -2.15. The van der Waals surface area contributed by atoms with Crippen LogP contribution in [0.25, 0.3) is 0 Å². The van der Waals surface area contributed by atoms with E-state index in [4.69, 9.17) is 10.5 Å². The monoisotopic (exact) mass is 274 g/mol. The van der Waals surface area contributed by atoms with Crippen LogP contribution in [0, 0.1) is 12.7 Å². The Balaban J connectivity index is 2.30. The molecule has 0 aromatic heterocycles. The SMILES string of the molecule is COc1ccc(C)cc1NC(=O)c1ccc(F)cc1N. The molecule has 2 aromatic rings. The second kappa shape index (κ2) is 5.61. The van der Waals surface area contributed by atoms with E-state index in [0.29, 0.717) is 11.4 Å². The smallest absolute Gasteiger partial charge is 0.257 e. The number of nitrogen functional groups attached to an aromatic ring is 1. The van der Waals surface area contributed by atoms with Crippen molar-refractivity contribution in [2.24, 2.45) is 0 Å². The van der Waals surface area contributed by atoms with Crippen molar-refractivity contribution >= 4 is 17.3 Å². The standard InChI is InChI=1S/C15H15FN2O2/c1-9-3-6-14(20-2)13(7-9)18-15(19)11-5-4-10(16)8-12(11)17/h3-8H,17H2,1-2H3,(H,18,19). The largest absolute Gasteiger partial charge is 0.495 e. The molecule has 0 radical (unpaired) electrons. The molecule has 104 valence electrons. The number of nitrogens with two attached hydrogens (primary N) is 1. The normalized spacial score (nSPS) is 10.2. The molecule has 1 amide bonds. The fraction of sp³-hybridized carbons (Fsp3) is 0.133. The van der Waals surface area contributed by atoms with E-state index in [1.165, 1.54) is 19.2 Å². The maximum absolute atomic E-state index is 13.0. The van der Waals surface area contributed by atoms with E-state index in [-0.39, 0.29) is 11.3 Å². The first-order valence-electron chi connectivity index (χ1n) is 6.02. The van der Waals surface area contributed by atoms with Crippen LogP contribution in [0.2, 0.25) is 0 Å². The molecule has 4 nitrogen and oxygen atoms in total. The van der Waals surface area contributed by atoms with Gasteiger partial charge in [-0.15, -0.1) is 0 Å². The van der Waals surface area contributed by atoms with Gasteiger partial charge in [0.05, 0.1) is 18.4 Å². The van der Waals surface area contributed by atoms with E-state index >= 15 is 0 Å². The lowest BCUT2D eigenvalue weighted by molar-refractivity contribution is 0.102. The summed E-state index contributed by atoms with van der Waals surface area (Å²) in [4.78, 5) is 12.2. The highest BCUT2D eigenvalue weighted by atomic mass is 19.1. The molecule has 0 aliphatic carbocycles. The summed E-state index contributed by atoms with van der Waals surface area (Å²) in [6.45, 7) is 1.90. The second-order valence-corrected chi connectivity index (χ2v) is 4.39. The summed E-state index contributed by atoms with van der Waals surface area (Å²) < 4.78 is 18.2. The maximum Gasteiger partial charge on any atom is 0.257 e. The second-order valence-electron chi connectivity index (χ2n) is 4.39. The fourth-order valence-electron chi connectivity index (χ4n) is 1.85. The van der Waals surface area contributed by atoms with Gasteiger partial charge in [0, 0.05) is 5.69 Å². The van der Waals surface area contributed by atoms with Gasteiger partial charge in [-0.1, -0.05) is 6.07 Å². The van der Waals surface area contributed by atoms with Crippen LogP contribution >= 0.6 is 0 Å². The Kier molecular flexibility index (Phi) is 3.89. The van der Waals surface area contributed by atoms with E-state index < -0.39 is 11.7 Å². The number of carbonyl (C=O) groups is 1. The van der Waals surface area contributed by atoms with Gasteiger partial charge in [-0.05, 0) is 42.8 Å². The lowest BCUT2D eigenvalue weighted by atomic mass is 10.1. The molecule has 5 heteroatoms. The summed E-state index contributed by atoms with van der Waals surface area (Å²) in [5.74, 6) is -0.344. The Labute approximate surface area is 116 Å². The van der Waals surface area contributed by atoms with Gasteiger partial charge in [0.1, 0.15) is 11.6 Å². The number of carbonyl (C=O) groups excluding carboxylic acids is 1. The fourth-order valence-corrected chi connectivity index (χ4v) is 1.85. The number of anilines is 2. The van der Waals surface area contributed by atoms with Crippen LogP contribution in [0.1, 0.15) is 15.9 Å². The van der Waals surface area contributed by atoms with E-state index in [2.05, 4.69) is 5.32 Å². The van der Waals surface area contributed by atoms with Crippen LogP contribution in [0.15, 0.2) is 36.4 Å². The minimum Gasteiger partial charge on any atom is -0.495 e. The molecule has 0 atom stereocenters. The van der Waals surface area contributed by atoms with E-state index in [0.717, 1.165) is 11.6 Å². The van der Waals surface area contributed by atoms with E-state index in [9.17, 15) is 9.18 Å². The highest BCUT2D eigenvalue weighted by Crippen LogP contribution is 2.26. The Bertz CT molecular complexity index is 656. The van der Waals surface area contributed by atoms with Gasteiger partial charge < -0.3 is 15.8 Å². The summed E-state index contributed by atoms with van der Waals surface area (Å²) in [5, 5.41) is 2.71. The van der Waals surface area contributed by atoms with Crippen molar-refractivity contribution in [1.29, 1.82) is 0 Å². The van der Waals surface area contributed by atoms with Gasteiger partial charge >= 0.3 is 0 Å². The molecule has 0 aliphatic heterocycles. The number of ether oxygens (including phenoxy) is 1. The summed E-state index contributed by atoms with van der Waals surface area (Å²) in [6.07, 6.45) is 0. The van der Waals surface area contributed by atoms with Gasteiger partial charge in [0.15, 0.2) is 0 Å². The molecule has 20 heavy (non-hydrogen) atoms. The quantitative estimate of drug-likeness (QED) is 0.846. The van der Waals surface area contributed by atoms with E-state index in [1.807, 2.05) is 13.0 Å². The Morgan fingerprint density at radius 3 is 2.65 bits per heavy atom. The van der Waals surface area contributed by atoms with Crippen LogP contribution in [0.4, 0.5) is 15.8 Å². The molecule has 3 N–H and O–H groups in total. The molecule has 0 heterocycles. The molecule has 0 fully saturated rings. The first kappa shape index (κ1) is 13.9. The van der Waals surface area contributed by atoms with Crippen molar-refractivity contribution in [3.05, 3.63) is 53.3 Å². The molecule has 2 rings (SSSR count). The molecule has 0 bridgehead atoms. The predicted molar refractivity (Wildman–Crippen MR) is 76.5 cm³/mol. The molecule has 0 spiro atoms. The van der Waals surface area contributed by atoms with Gasteiger partial charge in [-0.3, -0.25) is 4.79 Å². The molecular weight excluding hydrogens is 259 g/mol. The number of benzene rings is 2. The predicted octanol–water partition coefficient (Wildman–Crippen LogP) is 2.98. The Morgan fingerprint density at radius 1 is 1.25 bits per heavy atom. The number of rotatable bonds is 3. The molecule has 2 aromatic carbocycles. The van der Waals surface area contributed by atoms with Crippen molar-refractivity contribution in [2.75, 3.05) is 18.2 Å². The molecular formula is C15H15FN2O2. The number of nitrogens with one attached hydrogen (secondary N) is 1. The van der Waals surface area contributed by atoms with Crippen LogP contribution in [0.5, 0.6) is 5.75 Å². The van der Waals surface area contributed by atoms with Crippen molar-refractivity contribution in [3.63, 3.8) is 0 Å². The third-order valence-corrected chi connectivity index (χ3v) is 2.86. The maximum atomic E-state index is 13.0. The zero-order chi connectivity index (χ0) is 14.7. The third kappa shape index (κ3) is 2.88. The van der Waals surface area contributed by atoms with Crippen molar-refractivity contribution in [1.82, 2.24) is 0 Å². The highest BCUT2D eigenvalue weighted by molar-refractivity contribution is 6.08. The summed E-state index contributed by atoms with van der Waals surface area (Å²) in [6, 6.07) is 9.08. The number of amides is 1. The number of aryl methyl sites for hydroxylation is 1. The number of methoxy groups -OCH3 is 1. The van der Waals surface area contributed by atoms with Gasteiger partial charge in [-0.25, -0.2) is 4.39 Å².